The van der Waals surface area contributed by atoms with Crippen LogP contribution in [0.1, 0.15) is 26.7 Å². The molecule has 0 bridgehead atoms. The fourth-order valence-corrected chi connectivity index (χ4v) is 2.17. The van der Waals surface area contributed by atoms with Gasteiger partial charge in [0.15, 0.2) is 0 Å². The average molecular weight is 272 g/mol. The molecule has 0 radical (unpaired) electrons. The van der Waals surface area contributed by atoms with Crippen LogP contribution in [0.5, 0.6) is 0 Å². The summed E-state index contributed by atoms with van der Waals surface area (Å²) >= 11 is 0. The molecule has 0 aromatic carbocycles. The summed E-state index contributed by atoms with van der Waals surface area (Å²) in [4.78, 5) is 13.9. The van der Waals surface area contributed by atoms with Crippen molar-refractivity contribution in [3.05, 3.63) is 12.3 Å². The smallest absolute Gasteiger partial charge is 0.251 e. The number of carbonyl (C=O) groups excluding carboxylic acids is 1. The van der Waals surface area contributed by atoms with Crippen LogP contribution < -0.4 is 5.73 Å². The molecule has 19 heavy (non-hydrogen) atoms. The first-order chi connectivity index (χ1) is 8.72. The van der Waals surface area contributed by atoms with E-state index in [0.29, 0.717) is 5.82 Å². The molecule has 5 nitrogen and oxygen atoms in total. The molecule has 2 N–H and O–H groups in total. The maximum Gasteiger partial charge on any atom is 0.251 e. The zero-order valence-electron chi connectivity index (χ0n) is 11.1. The number of aromatic nitrogens is 2. The lowest BCUT2D eigenvalue weighted by Gasteiger charge is -2.36. The summed E-state index contributed by atoms with van der Waals surface area (Å²) in [7, 11) is 0. The number of amides is 1. The normalized spacial score (nSPS) is 19.5. The molecule has 0 saturated carbocycles. The van der Waals surface area contributed by atoms with Crippen molar-refractivity contribution in [3.8, 4) is 0 Å². The van der Waals surface area contributed by atoms with E-state index in [2.05, 4.69) is 5.10 Å². The van der Waals surface area contributed by atoms with Gasteiger partial charge in [-0.3, -0.25) is 9.48 Å². The highest BCUT2D eigenvalue weighted by molar-refractivity contribution is 5.83. The van der Waals surface area contributed by atoms with Gasteiger partial charge in [-0.1, -0.05) is 0 Å². The van der Waals surface area contributed by atoms with E-state index in [4.69, 9.17) is 5.73 Å². The van der Waals surface area contributed by atoms with Gasteiger partial charge in [-0.05, 0) is 19.9 Å². The zero-order chi connectivity index (χ0) is 14.3. The quantitative estimate of drug-likeness (QED) is 0.886. The van der Waals surface area contributed by atoms with Crippen molar-refractivity contribution in [2.75, 3.05) is 18.8 Å². The van der Waals surface area contributed by atoms with Gasteiger partial charge in [-0.15, -0.1) is 0 Å². The van der Waals surface area contributed by atoms with E-state index in [9.17, 15) is 13.6 Å². The second-order valence-electron chi connectivity index (χ2n) is 5.39. The first-order valence-corrected chi connectivity index (χ1v) is 6.21. The molecule has 1 saturated heterocycles. The Bertz CT molecular complexity index is 474. The Balaban J connectivity index is 2.11. The Kier molecular flexibility index (Phi) is 3.24. The highest BCUT2D eigenvalue weighted by Gasteiger charge is 2.40. The number of alkyl halides is 2. The Morgan fingerprint density at radius 2 is 2.00 bits per heavy atom. The van der Waals surface area contributed by atoms with Gasteiger partial charge in [0.1, 0.15) is 11.4 Å². The number of carbonyl (C=O) groups is 1. The Morgan fingerprint density at radius 3 is 2.47 bits per heavy atom. The minimum Gasteiger partial charge on any atom is -0.382 e. The van der Waals surface area contributed by atoms with Crippen LogP contribution >= 0.6 is 0 Å². The minimum absolute atomic E-state index is 0.0754. The molecule has 2 rings (SSSR count). The minimum atomic E-state index is -2.66. The second-order valence-corrected chi connectivity index (χ2v) is 5.39. The van der Waals surface area contributed by atoms with E-state index in [1.807, 2.05) is 0 Å². The van der Waals surface area contributed by atoms with Crippen LogP contribution in [0.25, 0.3) is 0 Å². The molecular weight excluding hydrogens is 254 g/mol. The van der Waals surface area contributed by atoms with Crippen molar-refractivity contribution in [1.29, 1.82) is 0 Å². The molecule has 0 spiro atoms. The van der Waals surface area contributed by atoms with E-state index in [1.54, 1.807) is 26.1 Å². The van der Waals surface area contributed by atoms with Crippen LogP contribution in [0.3, 0.4) is 0 Å². The van der Waals surface area contributed by atoms with Crippen LogP contribution in [0.4, 0.5) is 14.6 Å². The van der Waals surface area contributed by atoms with E-state index < -0.39 is 11.5 Å². The third-order valence-corrected chi connectivity index (χ3v) is 3.49. The summed E-state index contributed by atoms with van der Waals surface area (Å²) in [6.07, 6.45) is 1.05. The summed E-state index contributed by atoms with van der Waals surface area (Å²) in [5.41, 5.74) is 4.61. The number of nitrogens with zero attached hydrogens (tertiary/aromatic N) is 3. The highest BCUT2D eigenvalue weighted by Crippen LogP contribution is 2.29. The van der Waals surface area contributed by atoms with E-state index in [1.165, 1.54) is 9.58 Å². The van der Waals surface area contributed by atoms with Crippen molar-refractivity contribution >= 4 is 11.7 Å². The van der Waals surface area contributed by atoms with Crippen molar-refractivity contribution in [2.24, 2.45) is 0 Å². The van der Waals surface area contributed by atoms with Gasteiger partial charge >= 0.3 is 0 Å². The van der Waals surface area contributed by atoms with E-state index in [0.717, 1.165) is 0 Å². The Morgan fingerprint density at radius 1 is 1.42 bits per heavy atom. The average Bonchev–Trinajstić information content (AvgIpc) is 2.76. The fraction of sp³-hybridized carbons (Fsp3) is 0.667. The SMILES string of the molecule is CC(C)(C(=O)N1CCC(F)(F)CC1)n1ccc(N)n1. The van der Waals surface area contributed by atoms with Gasteiger partial charge in [0, 0.05) is 32.1 Å². The summed E-state index contributed by atoms with van der Waals surface area (Å²) in [6.45, 7) is 3.56. The number of anilines is 1. The van der Waals surface area contributed by atoms with E-state index >= 15 is 0 Å². The predicted molar refractivity (Wildman–Crippen MR) is 66.7 cm³/mol. The monoisotopic (exact) mass is 272 g/mol. The number of piperidine rings is 1. The maximum absolute atomic E-state index is 13.1. The van der Waals surface area contributed by atoms with Crippen LogP contribution in [-0.2, 0) is 10.3 Å². The van der Waals surface area contributed by atoms with Gasteiger partial charge in [0.25, 0.3) is 5.92 Å². The molecule has 0 unspecified atom stereocenters. The molecule has 106 valence electrons. The fourth-order valence-electron chi connectivity index (χ4n) is 2.17. The van der Waals surface area contributed by atoms with Crippen LogP contribution in [-0.4, -0.2) is 39.6 Å². The van der Waals surface area contributed by atoms with Gasteiger partial charge in [0.05, 0.1) is 0 Å². The Labute approximate surface area is 110 Å². The molecule has 1 aliphatic rings. The molecule has 1 aromatic heterocycles. The summed E-state index contributed by atoms with van der Waals surface area (Å²) < 4.78 is 27.7. The number of nitrogens with two attached hydrogens (primary N) is 1. The van der Waals surface area contributed by atoms with Gasteiger partial charge in [-0.25, -0.2) is 8.78 Å². The largest absolute Gasteiger partial charge is 0.382 e. The summed E-state index contributed by atoms with van der Waals surface area (Å²) in [5.74, 6) is -2.55. The first-order valence-electron chi connectivity index (χ1n) is 6.21. The maximum atomic E-state index is 13.1. The van der Waals surface area contributed by atoms with Crippen LogP contribution in [0.2, 0.25) is 0 Å². The molecule has 0 aliphatic carbocycles. The third-order valence-electron chi connectivity index (χ3n) is 3.49. The summed E-state index contributed by atoms with van der Waals surface area (Å²) in [5, 5.41) is 4.03. The molecule has 1 aromatic rings. The topological polar surface area (TPSA) is 64.2 Å². The van der Waals surface area contributed by atoms with Crippen molar-refractivity contribution in [3.63, 3.8) is 0 Å². The zero-order valence-corrected chi connectivity index (χ0v) is 11.1. The number of likely N-dealkylation sites (tertiary alicyclic amines) is 1. The molecule has 1 fully saturated rings. The van der Waals surface area contributed by atoms with Crippen molar-refractivity contribution in [1.82, 2.24) is 14.7 Å². The van der Waals surface area contributed by atoms with Gasteiger partial charge < -0.3 is 10.6 Å². The molecule has 0 atom stereocenters. The van der Waals surface area contributed by atoms with Crippen LogP contribution in [0.15, 0.2) is 12.3 Å². The number of hydrogen-bond donors (Lipinski definition) is 1. The summed E-state index contributed by atoms with van der Waals surface area (Å²) in [6, 6.07) is 1.60. The van der Waals surface area contributed by atoms with Gasteiger partial charge in [0.2, 0.25) is 5.91 Å². The number of hydrogen-bond acceptors (Lipinski definition) is 3. The lowest BCUT2D eigenvalue weighted by atomic mass is 10.00. The lowest BCUT2D eigenvalue weighted by molar-refractivity contribution is -0.145. The molecule has 7 heteroatoms. The standard InChI is InChI=1S/C12H18F2N4O/c1-11(2,18-6-3-9(15)16-18)10(19)17-7-4-12(13,14)5-8-17/h3,6H,4-5,7-8H2,1-2H3,(H2,15,16). The van der Waals surface area contributed by atoms with Gasteiger partial charge in [-0.2, -0.15) is 5.10 Å². The van der Waals surface area contributed by atoms with Crippen molar-refractivity contribution < 1.29 is 13.6 Å². The van der Waals surface area contributed by atoms with Crippen molar-refractivity contribution in [2.45, 2.75) is 38.2 Å². The predicted octanol–water partition coefficient (Wildman–Crippen LogP) is 1.46. The molecule has 1 aliphatic heterocycles. The number of nitrogen functional groups attached to an aromatic ring is 1. The number of rotatable bonds is 2. The highest BCUT2D eigenvalue weighted by atomic mass is 19.3. The molecular formula is C12H18F2N4O. The van der Waals surface area contributed by atoms with Crippen LogP contribution in [0, 0.1) is 0 Å². The Hall–Kier alpha value is -1.66. The van der Waals surface area contributed by atoms with E-state index in [-0.39, 0.29) is 31.8 Å². The second kappa shape index (κ2) is 4.47. The lowest BCUT2D eigenvalue weighted by Crippen LogP contribution is -2.51. The third kappa shape index (κ3) is 2.69. The molecule has 2 heterocycles. The molecule has 1 amide bonds. The first kappa shape index (κ1) is 13.8. The number of halogens is 2.